The van der Waals surface area contributed by atoms with Crippen molar-refractivity contribution < 1.29 is 14.6 Å². The van der Waals surface area contributed by atoms with Crippen molar-refractivity contribution in [2.45, 2.75) is 32.5 Å². The Morgan fingerprint density at radius 1 is 1.41 bits per heavy atom. The highest BCUT2D eigenvalue weighted by atomic mass is 79.9. The van der Waals surface area contributed by atoms with Crippen molar-refractivity contribution in [3.05, 3.63) is 52.4 Å². The van der Waals surface area contributed by atoms with Crippen molar-refractivity contribution in [2.75, 3.05) is 26.7 Å². The van der Waals surface area contributed by atoms with Crippen LogP contribution in [-0.2, 0) is 6.54 Å². The van der Waals surface area contributed by atoms with Crippen LogP contribution >= 0.6 is 15.9 Å². The van der Waals surface area contributed by atoms with Crippen molar-refractivity contribution in [2.24, 2.45) is 5.92 Å². The number of aromatic nitrogens is 2. The molecule has 0 aromatic carbocycles. The van der Waals surface area contributed by atoms with Gasteiger partial charge in [-0.15, -0.1) is 0 Å². The van der Waals surface area contributed by atoms with Gasteiger partial charge < -0.3 is 14.7 Å². The van der Waals surface area contributed by atoms with E-state index in [1.54, 1.807) is 23.4 Å². The molecule has 0 radical (unpaired) electrons. The van der Waals surface area contributed by atoms with Gasteiger partial charge in [-0.3, -0.25) is 14.7 Å². The van der Waals surface area contributed by atoms with Crippen LogP contribution in [0.5, 0.6) is 5.88 Å². The zero-order valence-corrected chi connectivity index (χ0v) is 18.5. The van der Waals surface area contributed by atoms with Gasteiger partial charge >= 0.3 is 0 Å². The van der Waals surface area contributed by atoms with Crippen LogP contribution in [0.2, 0.25) is 0 Å². The SMILES string of the molecule is C[C@H](CO)N1C[C@H](C)[C@@H](CN(C)Cc2ccccn2)Oc2ncc(Br)cc2C1=O. The number of rotatable bonds is 6. The first kappa shape index (κ1) is 21.7. The van der Waals surface area contributed by atoms with Crippen molar-refractivity contribution in [3.63, 3.8) is 0 Å². The first-order chi connectivity index (χ1) is 13.9. The van der Waals surface area contributed by atoms with Crippen LogP contribution in [0.3, 0.4) is 0 Å². The molecule has 0 saturated carbocycles. The van der Waals surface area contributed by atoms with Gasteiger partial charge in [-0.05, 0) is 48.1 Å². The molecule has 0 aliphatic carbocycles. The highest BCUT2D eigenvalue weighted by Crippen LogP contribution is 2.28. The van der Waals surface area contributed by atoms with Crippen molar-refractivity contribution in [3.8, 4) is 5.88 Å². The molecule has 3 atom stereocenters. The van der Waals surface area contributed by atoms with Crippen molar-refractivity contribution in [1.82, 2.24) is 19.8 Å². The second kappa shape index (κ2) is 9.65. The first-order valence-electron chi connectivity index (χ1n) is 9.71. The van der Waals surface area contributed by atoms with E-state index in [0.29, 0.717) is 35.6 Å². The average Bonchev–Trinajstić information content (AvgIpc) is 2.71. The van der Waals surface area contributed by atoms with Gasteiger partial charge in [0.25, 0.3) is 5.91 Å². The van der Waals surface area contributed by atoms with Crippen LogP contribution in [-0.4, -0.2) is 69.7 Å². The van der Waals surface area contributed by atoms with Gasteiger partial charge in [0.15, 0.2) is 0 Å². The lowest BCUT2D eigenvalue weighted by Crippen LogP contribution is -2.49. The lowest BCUT2D eigenvalue weighted by Gasteiger charge is -2.37. The molecule has 0 saturated heterocycles. The lowest BCUT2D eigenvalue weighted by atomic mass is 10.00. The van der Waals surface area contributed by atoms with Crippen molar-refractivity contribution >= 4 is 21.8 Å². The van der Waals surface area contributed by atoms with Gasteiger partial charge in [0.1, 0.15) is 11.7 Å². The summed E-state index contributed by atoms with van der Waals surface area (Å²) in [5.41, 5.74) is 1.39. The van der Waals surface area contributed by atoms with Crippen LogP contribution in [0.15, 0.2) is 41.1 Å². The Bertz CT molecular complexity index is 836. The molecule has 1 amide bonds. The third-order valence-corrected chi connectivity index (χ3v) is 5.57. The molecule has 156 valence electrons. The standard InChI is InChI=1S/C21H27BrN4O3/c1-14-10-26(15(2)13-27)21(28)18-8-16(22)9-24-20(18)29-19(14)12-25(3)11-17-6-4-5-7-23-17/h4-9,14-15,19,27H,10-13H2,1-3H3/t14-,15+,19+/m0/s1. The van der Waals surface area contributed by atoms with Gasteiger partial charge in [-0.25, -0.2) is 4.98 Å². The molecule has 0 fully saturated rings. The zero-order valence-electron chi connectivity index (χ0n) is 17.0. The molecular weight excluding hydrogens is 436 g/mol. The number of carbonyl (C=O) groups is 1. The molecule has 1 N–H and O–H groups in total. The van der Waals surface area contributed by atoms with E-state index >= 15 is 0 Å². The van der Waals surface area contributed by atoms with E-state index in [9.17, 15) is 9.90 Å². The monoisotopic (exact) mass is 462 g/mol. The van der Waals surface area contributed by atoms with E-state index < -0.39 is 0 Å². The minimum Gasteiger partial charge on any atom is -0.472 e. The number of pyridine rings is 2. The predicted octanol–water partition coefficient (Wildman–Crippen LogP) is 2.59. The second-order valence-electron chi connectivity index (χ2n) is 7.65. The summed E-state index contributed by atoms with van der Waals surface area (Å²) in [7, 11) is 2.03. The van der Waals surface area contributed by atoms with E-state index in [1.165, 1.54) is 0 Å². The van der Waals surface area contributed by atoms with E-state index in [0.717, 1.165) is 5.69 Å². The van der Waals surface area contributed by atoms with Crippen LogP contribution in [0.1, 0.15) is 29.9 Å². The highest BCUT2D eigenvalue weighted by Gasteiger charge is 2.34. The quantitative estimate of drug-likeness (QED) is 0.710. The number of aliphatic hydroxyl groups excluding tert-OH is 1. The van der Waals surface area contributed by atoms with Gasteiger partial charge in [0.2, 0.25) is 5.88 Å². The molecule has 3 rings (SSSR count). The number of hydrogen-bond donors (Lipinski definition) is 1. The summed E-state index contributed by atoms with van der Waals surface area (Å²) in [5, 5.41) is 9.67. The van der Waals surface area contributed by atoms with Crippen LogP contribution in [0, 0.1) is 5.92 Å². The minimum atomic E-state index is -0.290. The Balaban J connectivity index is 1.85. The molecule has 8 heteroatoms. The summed E-state index contributed by atoms with van der Waals surface area (Å²) >= 11 is 3.39. The molecule has 1 aliphatic rings. The highest BCUT2D eigenvalue weighted by molar-refractivity contribution is 9.10. The summed E-state index contributed by atoms with van der Waals surface area (Å²) in [4.78, 5) is 25.7. The number of hydrogen-bond acceptors (Lipinski definition) is 6. The van der Waals surface area contributed by atoms with Crippen LogP contribution in [0.4, 0.5) is 0 Å². The Hall–Kier alpha value is -2.03. The minimum absolute atomic E-state index is 0.0535. The fourth-order valence-corrected chi connectivity index (χ4v) is 3.77. The van der Waals surface area contributed by atoms with Crippen LogP contribution in [0.25, 0.3) is 0 Å². The molecule has 29 heavy (non-hydrogen) atoms. The summed E-state index contributed by atoms with van der Waals surface area (Å²) in [6.07, 6.45) is 3.25. The van der Waals surface area contributed by atoms with Crippen LogP contribution < -0.4 is 4.74 Å². The third-order valence-electron chi connectivity index (χ3n) is 5.14. The maximum Gasteiger partial charge on any atom is 0.259 e. The molecule has 1 aliphatic heterocycles. The topological polar surface area (TPSA) is 78.8 Å². The fraction of sp³-hybridized carbons (Fsp3) is 0.476. The van der Waals surface area contributed by atoms with E-state index in [-0.39, 0.29) is 30.6 Å². The van der Waals surface area contributed by atoms with Gasteiger partial charge in [-0.2, -0.15) is 0 Å². The number of fused-ring (bicyclic) bond motifs is 1. The average molecular weight is 463 g/mol. The van der Waals surface area contributed by atoms with E-state index in [4.69, 9.17) is 4.74 Å². The number of aliphatic hydroxyl groups is 1. The largest absolute Gasteiger partial charge is 0.472 e. The summed E-state index contributed by atoms with van der Waals surface area (Å²) < 4.78 is 6.95. The number of halogens is 1. The number of carbonyl (C=O) groups excluding carboxylic acids is 1. The number of ether oxygens (including phenoxy) is 1. The Kier molecular flexibility index (Phi) is 7.21. The predicted molar refractivity (Wildman–Crippen MR) is 114 cm³/mol. The molecule has 2 aromatic rings. The number of likely N-dealkylation sites (N-methyl/N-ethyl adjacent to an activating group) is 1. The van der Waals surface area contributed by atoms with Crippen molar-refractivity contribution in [1.29, 1.82) is 0 Å². The summed E-state index contributed by atoms with van der Waals surface area (Å²) in [5.74, 6) is 0.205. The first-order valence-corrected chi connectivity index (χ1v) is 10.5. The molecular formula is C21H27BrN4O3. The second-order valence-corrected chi connectivity index (χ2v) is 8.56. The third kappa shape index (κ3) is 5.32. The van der Waals surface area contributed by atoms with Gasteiger partial charge in [0, 0.05) is 42.4 Å². The fourth-order valence-electron chi connectivity index (χ4n) is 3.43. The summed E-state index contributed by atoms with van der Waals surface area (Å²) in [6, 6.07) is 7.31. The van der Waals surface area contributed by atoms with E-state index in [1.807, 2.05) is 32.2 Å². The molecule has 3 heterocycles. The Morgan fingerprint density at radius 2 is 2.21 bits per heavy atom. The Morgan fingerprint density at radius 3 is 2.90 bits per heavy atom. The number of amides is 1. The maximum atomic E-state index is 13.1. The molecule has 0 bridgehead atoms. The van der Waals surface area contributed by atoms with E-state index in [2.05, 4.69) is 37.7 Å². The lowest BCUT2D eigenvalue weighted by molar-refractivity contribution is 0.0324. The molecule has 0 spiro atoms. The van der Waals surface area contributed by atoms with Gasteiger partial charge in [-0.1, -0.05) is 13.0 Å². The summed E-state index contributed by atoms with van der Waals surface area (Å²) in [6.45, 7) is 5.66. The number of nitrogens with zero attached hydrogens (tertiary/aromatic N) is 4. The Labute approximate surface area is 179 Å². The maximum absolute atomic E-state index is 13.1. The van der Waals surface area contributed by atoms with Gasteiger partial charge in [0.05, 0.1) is 18.3 Å². The normalized spacial score (nSPS) is 20.6. The molecule has 7 nitrogen and oxygen atoms in total. The molecule has 0 unspecified atom stereocenters. The molecule has 2 aromatic heterocycles. The smallest absolute Gasteiger partial charge is 0.259 e. The zero-order chi connectivity index (χ0) is 21.0.